The molecule has 200 valence electrons. The number of hydrogen-bond acceptors (Lipinski definition) is 9. The number of aromatic nitrogens is 2. The molecule has 8 nitrogen and oxygen atoms in total. The van der Waals surface area contributed by atoms with Crippen molar-refractivity contribution in [2.24, 2.45) is 0 Å². The Bertz CT molecular complexity index is 1820. The second kappa shape index (κ2) is 11.2. The lowest BCUT2D eigenvalue weighted by Crippen LogP contribution is -2.21. The van der Waals surface area contributed by atoms with Crippen molar-refractivity contribution in [2.75, 3.05) is 23.9 Å². The van der Waals surface area contributed by atoms with E-state index in [2.05, 4.69) is 20.6 Å². The number of thiazole rings is 1. The van der Waals surface area contributed by atoms with E-state index in [0.29, 0.717) is 13.1 Å². The van der Waals surface area contributed by atoms with Gasteiger partial charge in [-0.2, -0.15) is 0 Å². The zero-order chi connectivity index (χ0) is 27.5. The smallest absolute Gasteiger partial charge is 0.206 e. The van der Waals surface area contributed by atoms with Gasteiger partial charge in [0.05, 0.1) is 26.8 Å². The van der Waals surface area contributed by atoms with Crippen molar-refractivity contribution in [3.63, 3.8) is 0 Å². The van der Waals surface area contributed by atoms with E-state index in [1.165, 1.54) is 17.6 Å². The van der Waals surface area contributed by atoms with Gasteiger partial charge in [0.1, 0.15) is 14.8 Å². The number of nitrogens with zero attached hydrogens (tertiary/aromatic N) is 2. The van der Waals surface area contributed by atoms with Crippen LogP contribution in [0.1, 0.15) is 5.01 Å². The molecular weight excluding hydrogens is 553 g/mol. The highest BCUT2D eigenvalue weighted by Crippen LogP contribution is 2.30. The minimum absolute atomic E-state index is 0.0921. The number of fused-ring (bicyclic) bond motifs is 1. The Hall–Kier alpha value is -3.64. The van der Waals surface area contributed by atoms with Crippen LogP contribution in [0.5, 0.6) is 0 Å². The highest BCUT2D eigenvalue weighted by molar-refractivity contribution is 7.91. The van der Waals surface area contributed by atoms with E-state index in [1.54, 1.807) is 60.8 Å². The van der Waals surface area contributed by atoms with Gasteiger partial charge < -0.3 is 10.6 Å². The number of sulfone groups is 2. The molecule has 0 atom stereocenters. The molecule has 0 aliphatic rings. The number of hydrogen-bond donors (Lipinski definition) is 2. The quantitative estimate of drug-likeness (QED) is 0.221. The van der Waals surface area contributed by atoms with Crippen LogP contribution in [0.2, 0.25) is 0 Å². The van der Waals surface area contributed by atoms with Crippen LogP contribution in [0, 0.1) is 0 Å². The summed E-state index contributed by atoms with van der Waals surface area (Å²) in [6.07, 6.45) is 2.95. The normalized spacial score (nSPS) is 12.0. The maximum Gasteiger partial charge on any atom is 0.206 e. The summed E-state index contributed by atoms with van der Waals surface area (Å²) in [5, 5.41) is 10.3. The topological polar surface area (TPSA) is 118 Å². The van der Waals surface area contributed by atoms with Crippen LogP contribution < -0.4 is 10.6 Å². The average molecular weight is 579 g/mol. The lowest BCUT2D eigenvalue weighted by Gasteiger charge is -2.11. The largest absolute Gasteiger partial charge is 0.355 e. The highest BCUT2D eigenvalue weighted by Gasteiger charge is 2.17. The van der Waals surface area contributed by atoms with Crippen LogP contribution in [-0.2, 0) is 26.2 Å². The van der Waals surface area contributed by atoms with Gasteiger partial charge in [0, 0.05) is 53.2 Å². The Morgan fingerprint density at radius 1 is 0.872 bits per heavy atom. The number of rotatable bonds is 10. The van der Waals surface area contributed by atoms with E-state index in [0.717, 1.165) is 38.5 Å². The molecular formula is C28H26N4O4S3. The minimum atomic E-state index is -3.58. The molecule has 0 aliphatic carbocycles. The Morgan fingerprint density at radius 2 is 1.62 bits per heavy atom. The molecule has 3 aromatic carbocycles. The Labute approximate surface area is 231 Å². The number of benzene rings is 3. The number of pyridine rings is 1. The summed E-state index contributed by atoms with van der Waals surface area (Å²) in [6, 6.07) is 22.9. The molecule has 0 fully saturated rings. The van der Waals surface area contributed by atoms with E-state index >= 15 is 0 Å². The van der Waals surface area contributed by atoms with Crippen LogP contribution in [0.3, 0.4) is 0 Å². The molecule has 5 aromatic rings. The Balaban J connectivity index is 1.30. The van der Waals surface area contributed by atoms with Gasteiger partial charge in [-0.3, -0.25) is 4.98 Å². The summed E-state index contributed by atoms with van der Waals surface area (Å²) < 4.78 is 48.3. The first-order valence-electron chi connectivity index (χ1n) is 12.1. The van der Waals surface area contributed by atoms with Crippen molar-refractivity contribution in [1.82, 2.24) is 15.3 Å². The fourth-order valence-corrected chi connectivity index (χ4v) is 6.57. The second-order valence-corrected chi connectivity index (χ2v) is 14.1. The minimum Gasteiger partial charge on any atom is -0.355 e. The van der Waals surface area contributed by atoms with Crippen LogP contribution in [0.25, 0.3) is 22.2 Å². The molecule has 39 heavy (non-hydrogen) atoms. The average Bonchev–Trinajstić information content (AvgIpc) is 3.40. The lowest BCUT2D eigenvalue weighted by molar-refractivity contribution is 0.594. The van der Waals surface area contributed by atoms with Gasteiger partial charge in [-0.05, 0) is 48.5 Å². The zero-order valence-electron chi connectivity index (χ0n) is 21.0. The van der Waals surface area contributed by atoms with E-state index in [9.17, 15) is 16.8 Å². The SMILES string of the molecule is CS(=O)(=O)CCNCc1nc(-c2ccc3c(Nc4ccc(S(=O)(=O)c5ccccc5)cc4)ccnc3c2)cs1. The maximum atomic E-state index is 12.9. The molecule has 0 spiro atoms. The molecule has 0 unspecified atom stereocenters. The summed E-state index contributed by atoms with van der Waals surface area (Å²) in [7, 11) is -6.57. The molecule has 5 rings (SSSR count). The van der Waals surface area contributed by atoms with E-state index < -0.39 is 19.7 Å². The molecule has 0 amide bonds. The number of anilines is 2. The Kier molecular flexibility index (Phi) is 7.76. The fraction of sp³-hybridized carbons (Fsp3) is 0.143. The maximum absolute atomic E-state index is 12.9. The summed E-state index contributed by atoms with van der Waals surface area (Å²) in [6.45, 7) is 0.889. The van der Waals surface area contributed by atoms with Gasteiger partial charge >= 0.3 is 0 Å². The molecule has 0 aliphatic heterocycles. The Morgan fingerprint density at radius 3 is 2.36 bits per heavy atom. The van der Waals surface area contributed by atoms with Crippen LogP contribution in [-0.4, -0.2) is 45.4 Å². The molecule has 0 saturated heterocycles. The van der Waals surface area contributed by atoms with Crippen molar-refractivity contribution in [3.8, 4) is 11.3 Å². The van der Waals surface area contributed by atoms with Gasteiger partial charge in [-0.15, -0.1) is 11.3 Å². The van der Waals surface area contributed by atoms with Crippen molar-refractivity contribution >= 4 is 53.3 Å². The lowest BCUT2D eigenvalue weighted by atomic mass is 10.1. The van der Waals surface area contributed by atoms with E-state index in [4.69, 9.17) is 0 Å². The van der Waals surface area contributed by atoms with Crippen molar-refractivity contribution in [2.45, 2.75) is 16.3 Å². The van der Waals surface area contributed by atoms with Gasteiger partial charge in [0.2, 0.25) is 9.84 Å². The molecule has 0 radical (unpaired) electrons. The molecule has 0 bridgehead atoms. The zero-order valence-corrected chi connectivity index (χ0v) is 23.5. The van der Waals surface area contributed by atoms with Gasteiger partial charge in [-0.25, -0.2) is 21.8 Å². The first kappa shape index (κ1) is 26.9. The van der Waals surface area contributed by atoms with Crippen LogP contribution in [0.4, 0.5) is 11.4 Å². The number of nitrogens with one attached hydrogen (secondary N) is 2. The molecule has 11 heteroatoms. The van der Waals surface area contributed by atoms with Crippen molar-refractivity contribution in [3.05, 3.63) is 95.4 Å². The molecule has 2 heterocycles. The molecule has 2 aromatic heterocycles. The molecule has 2 N–H and O–H groups in total. The third-order valence-electron chi connectivity index (χ3n) is 6.01. The highest BCUT2D eigenvalue weighted by atomic mass is 32.2. The monoisotopic (exact) mass is 578 g/mol. The van der Waals surface area contributed by atoms with Gasteiger partial charge in [-0.1, -0.05) is 30.3 Å². The summed E-state index contributed by atoms with van der Waals surface area (Å²) in [5.41, 5.74) is 4.16. The van der Waals surface area contributed by atoms with Crippen molar-refractivity contribution in [1.29, 1.82) is 0 Å². The van der Waals surface area contributed by atoms with Crippen molar-refractivity contribution < 1.29 is 16.8 Å². The second-order valence-electron chi connectivity index (χ2n) is 8.99. The van der Waals surface area contributed by atoms with E-state index in [1.807, 2.05) is 29.6 Å². The third-order valence-corrected chi connectivity index (χ3v) is 9.59. The van der Waals surface area contributed by atoms with Gasteiger partial charge in [0.15, 0.2) is 0 Å². The standard InChI is InChI=1S/C28H26N4O4S3/c1-38(33,34)16-15-29-18-28-32-27(19-37-28)20-7-12-24-25(13-14-30-26(24)17-20)31-21-8-10-23(11-9-21)39(35,36)22-5-3-2-4-6-22/h2-14,17,19,29H,15-16,18H2,1H3,(H,30,31). The third kappa shape index (κ3) is 6.51. The van der Waals surface area contributed by atoms with E-state index in [-0.39, 0.29) is 15.5 Å². The van der Waals surface area contributed by atoms with Crippen LogP contribution in [0.15, 0.2) is 100 Å². The predicted molar refractivity (Wildman–Crippen MR) is 156 cm³/mol. The first-order chi connectivity index (χ1) is 18.7. The fourth-order valence-electron chi connectivity index (χ4n) is 4.00. The summed E-state index contributed by atoms with van der Waals surface area (Å²) in [4.78, 5) is 9.70. The van der Waals surface area contributed by atoms with Gasteiger partial charge in [0.25, 0.3) is 0 Å². The van der Waals surface area contributed by atoms with Crippen LogP contribution >= 0.6 is 11.3 Å². The molecule has 0 saturated carbocycles. The first-order valence-corrected chi connectivity index (χ1v) is 16.5. The summed E-state index contributed by atoms with van der Waals surface area (Å²) >= 11 is 1.52. The summed E-state index contributed by atoms with van der Waals surface area (Å²) in [5.74, 6) is 0.0921. The predicted octanol–water partition coefficient (Wildman–Crippen LogP) is 5.07.